The number of benzene rings is 2. The van der Waals surface area contributed by atoms with Gasteiger partial charge in [0.15, 0.2) is 0 Å². The summed E-state index contributed by atoms with van der Waals surface area (Å²) < 4.78 is 31.5. The minimum Gasteiger partial charge on any atom is -0.385 e. The molecule has 0 aliphatic heterocycles. The van der Waals surface area contributed by atoms with Gasteiger partial charge in [0.25, 0.3) is 5.91 Å². The molecule has 0 radical (unpaired) electrons. The predicted molar refractivity (Wildman–Crippen MR) is 131 cm³/mol. The van der Waals surface area contributed by atoms with Crippen molar-refractivity contribution in [2.24, 2.45) is 0 Å². The van der Waals surface area contributed by atoms with Gasteiger partial charge in [-0.25, -0.2) is 8.42 Å². The number of hydrogen-bond donors (Lipinski definition) is 2. The highest BCUT2D eigenvalue weighted by Gasteiger charge is 2.32. The number of carbonyl (C=O) groups excluding carboxylic acids is 2. The number of methoxy groups -OCH3 is 1. The number of para-hydroxylation sites is 1. The Morgan fingerprint density at radius 3 is 2.39 bits per heavy atom. The summed E-state index contributed by atoms with van der Waals surface area (Å²) in [5.41, 5.74) is 2.99. The molecule has 2 amide bonds. The Bertz CT molecular complexity index is 1090. The molecular formula is C24H33N3O5S. The first-order valence-corrected chi connectivity index (χ1v) is 12.7. The molecule has 8 nitrogen and oxygen atoms in total. The number of amides is 2. The molecule has 1 atom stereocenters. The van der Waals surface area contributed by atoms with Gasteiger partial charge >= 0.3 is 0 Å². The van der Waals surface area contributed by atoms with Crippen LogP contribution in [0.25, 0.3) is 0 Å². The SMILES string of the molecule is CCC(C(=O)Nc1ccccc1C(=O)NCCCOC)N(c1ccc(C)c(C)c1)S(C)(=O)=O. The zero-order valence-electron chi connectivity index (χ0n) is 19.8. The fraction of sp³-hybridized carbons (Fsp3) is 0.417. The van der Waals surface area contributed by atoms with Gasteiger partial charge in [0.1, 0.15) is 6.04 Å². The molecule has 1 unspecified atom stereocenters. The summed E-state index contributed by atoms with van der Waals surface area (Å²) in [4.78, 5) is 25.9. The third-order valence-corrected chi connectivity index (χ3v) is 6.49. The lowest BCUT2D eigenvalue weighted by molar-refractivity contribution is -0.117. The monoisotopic (exact) mass is 475 g/mol. The van der Waals surface area contributed by atoms with Crippen LogP contribution in [0, 0.1) is 13.8 Å². The Labute approximate surface area is 196 Å². The van der Waals surface area contributed by atoms with Crippen LogP contribution in [-0.2, 0) is 19.6 Å². The molecule has 0 spiro atoms. The molecular weight excluding hydrogens is 442 g/mol. The van der Waals surface area contributed by atoms with Crippen LogP contribution in [-0.4, -0.2) is 52.8 Å². The van der Waals surface area contributed by atoms with Crippen molar-refractivity contribution in [3.05, 3.63) is 59.2 Å². The summed E-state index contributed by atoms with van der Waals surface area (Å²) in [7, 11) is -2.17. The summed E-state index contributed by atoms with van der Waals surface area (Å²) in [6.45, 7) is 6.53. The summed E-state index contributed by atoms with van der Waals surface area (Å²) in [6, 6.07) is 10.9. The van der Waals surface area contributed by atoms with E-state index in [1.807, 2.05) is 19.9 Å². The highest BCUT2D eigenvalue weighted by molar-refractivity contribution is 7.92. The Morgan fingerprint density at radius 2 is 1.79 bits per heavy atom. The van der Waals surface area contributed by atoms with Crippen molar-refractivity contribution in [2.45, 2.75) is 39.7 Å². The van der Waals surface area contributed by atoms with Crippen molar-refractivity contribution in [2.75, 3.05) is 36.1 Å². The minimum absolute atomic E-state index is 0.247. The summed E-state index contributed by atoms with van der Waals surface area (Å²) >= 11 is 0. The molecule has 2 N–H and O–H groups in total. The second kappa shape index (κ2) is 11.8. The van der Waals surface area contributed by atoms with Crippen molar-refractivity contribution in [1.82, 2.24) is 5.32 Å². The summed E-state index contributed by atoms with van der Waals surface area (Å²) in [5, 5.41) is 5.56. The fourth-order valence-electron chi connectivity index (χ4n) is 3.44. The Balaban J connectivity index is 2.31. The molecule has 0 fully saturated rings. The zero-order valence-corrected chi connectivity index (χ0v) is 20.7. The maximum Gasteiger partial charge on any atom is 0.253 e. The Kier molecular flexibility index (Phi) is 9.43. The van der Waals surface area contributed by atoms with Gasteiger partial charge in [-0.3, -0.25) is 13.9 Å². The molecule has 9 heteroatoms. The lowest BCUT2D eigenvalue weighted by atomic mass is 10.1. The maximum absolute atomic E-state index is 13.3. The number of anilines is 2. The first kappa shape index (κ1) is 26.3. The van der Waals surface area contributed by atoms with E-state index >= 15 is 0 Å². The first-order chi connectivity index (χ1) is 15.6. The third-order valence-electron chi connectivity index (χ3n) is 5.32. The van der Waals surface area contributed by atoms with Crippen molar-refractivity contribution < 1.29 is 22.7 Å². The van der Waals surface area contributed by atoms with E-state index in [1.165, 1.54) is 0 Å². The van der Waals surface area contributed by atoms with E-state index < -0.39 is 22.0 Å². The first-order valence-electron chi connectivity index (χ1n) is 10.8. The topological polar surface area (TPSA) is 105 Å². The molecule has 33 heavy (non-hydrogen) atoms. The molecule has 2 aromatic rings. The molecule has 180 valence electrons. The standard InChI is InChI=1S/C24H33N3O5S/c1-6-22(27(33(5,30)31)19-13-12-17(2)18(3)16-19)24(29)26-21-11-8-7-10-20(21)23(28)25-14-9-15-32-4/h7-8,10-13,16,22H,6,9,14-15H2,1-5H3,(H,25,28)(H,26,29). The Morgan fingerprint density at radius 1 is 1.09 bits per heavy atom. The van der Waals surface area contributed by atoms with Crippen LogP contribution >= 0.6 is 0 Å². The van der Waals surface area contributed by atoms with E-state index in [2.05, 4.69) is 10.6 Å². The zero-order chi connectivity index (χ0) is 24.6. The Hall–Kier alpha value is -2.91. The third kappa shape index (κ3) is 7.03. The van der Waals surface area contributed by atoms with Gasteiger partial charge in [-0.1, -0.05) is 25.1 Å². The number of ether oxygens (including phenoxy) is 1. The van der Waals surface area contributed by atoms with E-state index in [0.717, 1.165) is 21.7 Å². The highest BCUT2D eigenvalue weighted by Crippen LogP contribution is 2.26. The number of hydrogen-bond acceptors (Lipinski definition) is 5. The second-order valence-electron chi connectivity index (χ2n) is 7.89. The summed E-state index contributed by atoms with van der Waals surface area (Å²) in [5.74, 6) is -0.843. The van der Waals surface area contributed by atoms with Crippen molar-refractivity contribution in [3.63, 3.8) is 0 Å². The second-order valence-corrected chi connectivity index (χ2v) is 9.75. The van der Waals surface area contributed by atoms with E-state index in [9.17, 15) is 18.0 Å². The number of nitrogens with one attached hydrogen (secondary N) is 2. The van der Waals surface area contributed by atoms with E-state index in [4.69, 9.17) is 4.74 Å². The molecule has 0 aromatic heterocycles. The van der Waals surface area contributed by atoms with Gasteiger partial charge in [-0.15, -0.1) is 0 Å². The molecule has 0 aliphatic rings. The van der Waals surface area contributed by atoms with Crippen LogP contribution < -0.4 is 14.9 Å². The quantitative estimate of drug-likeness (QED) is 0.486. The lowest BCUT2D eigenvalue weighted by Crippen LogP contribution is -2.47. The fourth-order valence-corrected chi connectivity index (χ4v) is 4.65. The van der Waals surface area contributed by atoms with Crippen molar-refractivity contribution >= 4 is 33.2 Å². The van der Waals surface area contributed by atoms with Crippen LogP contribution in [0.5, 0.6) is 0 Å². The van der Waals surface area contributed by atoms with Crippen LogP contribution in [0.15, 0.2) is 42.5 Å². The van der Waals surface area contributed by atoms with Gasteiger partial charge < -0.3 is 15.4 Å². The minimum atomic E-state index is -3.76. The normalized spacial score (nSPS) is 12.2. The van der Waals surface area contributed by atoms with E-state index in [0.29, 0.717) is 36.5 Å². The van der Waals surface area contributed by atoms with Gasteiger partial charge in [0, 0.05) is 20.3 Å². The molecule has 0 saturated carbocycles. The molecule has 2 rings (SSSR count). The van der Waals surface area contributed by atoms with Crippen LogP contribution in [0.1, 0.15) is 41.3 Å². The molecule has 0 aliphatic carbocycles. The van der Waals surface area contributed by atoms with Crippen LogP contribution in [0.4, 0.5) is 11.4 Å². The van der Waals surface area contributed by atoms with E-state index in [-0.39, 0.29) is 12.3 Å². The average Bonchev–Trinajstić information content (AvgIpc) is 2.76. The van der Waals surface area contributed by atoms with Crippen molar-refractivity contribution in [1.29, 1.82) is 0 Å². The number of rotatable bonds is 11. The number of aryl methyl sites for hydroxylation is 2. The van der Waals surface area contributed by atoms with Gasteiger partial charge in [-0.05, 0) is 62.1 Å². The number of sulfonamides is 1. The smallest absolute Gasteiger partial charge is 0.253 e. The van der Waals surface area contributed by atoms with Gasteiger partial charge in [0.05, 0.1) is 23.2 Å². The summed E-state index contributed by atoms with van der Waals surface area (Å²) in [6.07, 6.45) is 1.99. The van der Waals surface area contributed by atoms with E-state index in [1.54, 1.807) is 50.4 Å². The average molecular weight is 476 g/mol. The molecule has 0 bridgehead atoms. The van der Waals surface area contributed by atoms with Gasteiger partial charge in [0.2, 0.25) is 15.9 Å². The lowest BCUT2D eigenvalue weighted by Gasteiger charge is -2.30. The number of nitrogens with zero attached hydrogens (tertiary/aromatic N) is 1. The van der Waals surface area contributed by atoms with Crippen molar-refractivity contribution in [3.8, 4) is 0 Å². The van der Waals surface area contributed by atoms with Gasteiger partial charge in [-0.2, -0.15) is 0 Å². The highest BCUT2D eigenvalue weighted by atomic mass is 32.2. The van der Waals surface area contributed by atoms with Crippen LogP contribution in [0.2, 0.25) is 0 Å². The predicted octanol–water partition coefficient (Wildman–Crippen LogP) is 3.25. The number of carbonyl (C=O) groups is 2. The maximum atomic E-state index is 13.3. The largest absolute Gasteiger partial charge is 0.385 e. The molecule has 2 aromatic carbocycles. The van der Waals surface area contributed by atoms with Crippen LogP contribution in [0.3, 0.4) is 0 Å². The molecule has 0 heterocycles. The molecule has 0 saturated heterocycles.